The van der Waals surface area contributed by atoms with Gasteiger partial charge in [-0.25, -0.2) is 0 Å². The summed E-state index contributed by atoms with van der Waals surface area (Å²) in [4.78, 5) is 0. The Balaban J connectivity index is 2.10. The van der Waals surface area contributed by atoms with Crippen LogP contribution in [0.2, 0.25) is 0 Å². The zero-order valence-electron chi connectivity index (χ0n) is 9.49. The average molecular weight is 300 g/mol. The van der Waals surface area contributed by atoms with Gasteiger partial charge in [0.1, 0.15) is 6.33 Å². The summed E-state index contributed by atoms with van der Waals surface area (Å²) < 4.78 is 3.03. The van der Waals surface area contributed by atoms with Crippen molar-refractivity contribution in [1.29, 1.82) is 0 Å². The van der Waals surface area contributed by atoms with Gasteiger partial charge in [-0.3, -0.25) is 4.57 Å². The van der Waals surface area contributed by atoms with Crippen LogP contribution in [-0.4, -0.2) is 14.8 Å². The van der Waals surface area contributed by atoms with Crippen LogP contribution in [-0.2, 0) is 0 Å². The molecule has 0 saturated carbocycles. The van der Waals surface area contributed by atoms with Crippen LogP contribution in [0.5, 0.6) is 0 Å². The quantitative estimate of drug-likeness (QED) is 0.722. The van der Waals surface area contributed by atoms with Crippen molar-refractivity contribution >= 4 is 15.9 Å². The Morgan fingerprint density at radius 3 is 2.33 bits per heavy atom. The Morgan fingerprint density at radius 2 is 1.61 bits per heavy atom. The van der Waals surface area contributed by atoms with E-state index in [1.807, 2.05) is 59.2 Å². The lowest BCUT2D eigenvalue weighted by Gasteiger charge is -2.06. The van der Waals surface area contributed by atoms with Crippen molar-refractivity contribution in [2.45, 2.75) is 0 Å². The minimum atomic E-state index is 0.845. The Bertz CT molecular complexity index is 644. The second kappa shape index (κ2) is 4.74. The predicted octanol–water partition coefficient (Wildman–Crippen LogP) is 3.70. The molecule has 0 aliphatic heterocycles. The SMILES string of the molecule is Brc1ccc(-n2cnnc2-c2ccccc2)cc1. The first-order valence-corrected chi connectivity index (χ1v) is 6.35. The number of benzene rings is 2. The van der Waals surface area contributed by atoms with E-state index in [1.54, 1.807) is 6.33 Å². The third-order valence-corrected chi connectivity index (χ3v) is 3.21. The highest BCUT2D eigenvalue weighted by Crippen LogP contribution is 2.21. The van der Waals surface area contributed by atoms with Crippen molar-refractivity contribution in [2.24, 2.45) is 0 Å². The number of hydrogen-bond donors (Lipinski definition) is 0. The summed E-state index contributed by atoms with van der Waals surface area (Å²) in [6.07, 6.45) is 1.73. The highest BCUT2D eigenvalue weighted by atomic mass is 79.9. The molecule has 2 aromatic carbocycles. The predicted molar refractivity (Wildman–Crippen MR) is 74.5 cm³/mol. The van der Waals surface area contributed by atoms with Crippen LogP contribution in [0.1, 0.15) is 0 Å². The molecule has 3 nitrogen and oxygen atoms in total. The zero-order valence-corrected chi connectivity index (χ0v) is 11.1. The zero-order chi connectivity index (χ0) is 12.4. The molecule has 0 N–H and O–H groups in total. The lowest BCUT2D eigenvalue weighted by atomic mass is 10.2. The van der Waals surface area contributed by atoms with E-state index in [4.69, 9.17) is 0 Å². The van der Waals surface area contributed by atoms with Crippen LogP contribution in [0.4, 0.5) is 0 Å². The maximum atomic E-state index is 4.19. The molecule has 0 spiro atoms. The molecule has 0 unspecified atom stereocenters. The lowest BCUT2D eigenvalue weighted by Crippen LogP contribution is -1.95. The molecule has 1 heterocycles. The summed E-state index contributed by atoms with van der Waals surface area (Å²) >= 11 is 3.43. The summed E-state index contributed by atoms with van der Waals surface area (Å²) in [5.41, 5.74) is 2.10. The summed E-state index contributed by atoms with van der Waals surface area (Å²) in [5, 5.41) is 8.19. The normalized spacial score (nSPS) is 10.5. The van der Waals surface area contributed by atoms with Gasteiger partial charge < -0.3 is 0 Å². The smallest absolute Gasteiger partial charge is 0.168 e. The molecule has 18 heavy (non-hydrogen) atoms. The van der Waals surface area contributed by atoms with Crippen LogP contribution in [0.3, 0.4) is 0 Å². The fraction of sp³-hybridized carbons (Fsp3) is 0. The van der Waals surface area contributed by atoms with Gasteiger partial charge in [-0.2, -0.15) is 0 Å². The number of halogens is 1. The van der Waals surface area contributed by atoms with Crippen molar-refractivity contribution in [3.05, 3.63) is 65.4 Å². The van der Waals surface area contributed by atoms with Crippen molar-refractivity contribution in [2.75, 3.05) is 0 Å². The van der Waals surface area contributed by atoms with Crippen molar-refractivity contribution < 1.29 is 0 Å². The summed E-state index contributed by atoms with van der Waals surface area (Å²) in [6, 6.07) is 18.1. The molecule has 0 atom stereocenters. The van der Waals surface area contributed by atoms with Gasteiger partial charge in [0.05, 0.1) is 0 Å². The number of hydrogen-bond acceptors (Lipinski definition) is 2. The average Bonchev–Trinajstić information content (AvgIpc) is 2.90. The standard InChI is InChI=1S/C14H10BrN3/c15-12-6-8-13(9-7-12)18-10-16-17-14(18)11-4-2-1-3-5-11/h1-10H. The number of rotatable bonds is 2. The molecule has 88 valence electrons. The molecule has 4 heteroatoms. The second-order valence-corrected chi connectivity index (χ2v) is 4.78. The van der Waals surface area contributed by atoms with Crippen molar-refractivity contribution in [1.82, 2.24) is 14.8 Å². The highest BCUT2D eigenvalue weighted by Gasteiger charge is 2.07. The molecule has 0 aliphatic carbocycles. The Kier molecular flexibility index (Phi) is 2.94. The maximum Gasteiger partial charge on any atom is 0.168 e. The molecule has 0 bridgehead atoms. The molecule has 0 aliphatic rings. The van der Waals surface area contributed by atoms with E-state index in [-0.39, 0.29) is 0 Å². The third kappa shape index (κ3) is 2.07. The van der Waals surface area contributed by atoms with Crippen LogP contribution < -0.4 is 0 Å². The van der Waals surface area contributed by atoms with E-state index in [2.05, 4.69) is 26.1 Å². The fourth-order valence-corrected chi connectivity index (χ4v) is 2.07. The van der Waals surface area contributed by atoms with Crippen molar-refractivity contribution in [3.8, 4) is 17.1 Å². The monoisotopic (exact) mass is 299 g/mol. The lowest BCUT2D eigenvalue weighted by molar-refractivity contribution is 1.06. The minimum absolute atomic E-state index is 0.845. The largest absolute Gasteiger partial charge is 0.282 e. The van der Waals surface area contributed by atoms with Gasteiger partial charge in [0.15, 0.2) is 5.82 Å². The molecule has 0 saturated heterocycles. The molecule has 1 aromatic heterocycles. The fourth-order valence-electron chi connectivity index (χ4n) is 1.81. The van der Waals surface area contributed by atoms with E-state index in [0.29, 0.717) is 0 Å². The maximum absolute atomic E-state index is 4.19. The topological polar surface area (TPSA) is 30.7 Å². The Labute approximate surface area is 113 Å². The van der Waals surface area contributed by atoms with Crippen LogP contribution in [0.15, 0.2) is 65.4 Å². The van der Waals surface area contributed by atoms with Gasteiger partial charge in [0.2, 0.25) is 0 Å². The van der Waals surface area contributed by atoms with E-state index in [1.165, 1.54) is 0 Å². The Morgan fingerprint density at radius 1 is 0.889 bits per heavy atom. The number of aromatic nitrogens is 3. The highest BCUT2D eigenvalue weighted by molar-refractivity contribution is 9.10. The minimum Gasteiger partial charge on any atom is -0.282 e. The van der Waals surface area contributed by atoms with Crippen molar-refractivity contribution in [3.63, 3.8) is 0 Å². The molecular formula is C14H10BrN3. The molecule has 0 radical (unpaired) electrons. The molecule has 0 fully saturated rings. The summed E-state index contributed by atoms with van der Waals surface area (Å²) in [5.74, 6) is 0.845. The van der Waals surface area contributed by atoms with E-state index in [0.717, 1.165) is 21.5 Å². The van der Waals surface area contributed by atoms with Gasteiger partial charge in [-0.15, -0.1) is 10.2 Å². The van der Waals surface area contributed by atoms with Crippen LogP contribution >= 0.6 is 15.9 Å². The Hall–Kier alpha value is -1.94. The van der Waals surface area contributed by atoms with Gasteiger partial charge in [-0.05, 0) is 24.3 Å². The van der Waals surface area contributed by atoms with E-state index in [9.17, 15) is 0 Å². The van der Waals surface area contributed by atoms with Crippen LogP contribution in [0, 0.1) is 0 Å². The first-order chi connectivity index (χ1) is 8.84. The van der Waals surface area contributed by atoms with Gasteiger partial charge >= 0.3 is 0 Å². The van der Waals surface area contributed by atoms with Crippen LogP contribution in [0.25, 0.3) is 17.1 Å². The van der Waals surface area contributed by atoms with Gasteiger partial charge in [-0.1, -0.05) is 46.3 Å². The molecular weight excluding hydrogens is 290 g/mol. The van der Waals surface area contributed by atoms with Gasteiger partial charge in [0.25, 0.3) is 0 Å². The number of nitrogens with zero attached hydrogens (tertiary/aromatic N) is 3. The van der Waals surface area contributed by atoms with E-state index < -0.39 is 0 Å². The third-order valence-electron chi connectivity index (χ3n) is 2.68. The second-order valence-electron chi connectivity index (χ2n) is 3.87. The molecule has 3 rings (SSSR count). The van der Waals surface area contributed by atoms with Gasteiger partial charge in [0, 0.05) is 15.7 Å². The summed E-state index contributed by atoms with van der Waals surface area (Å²) in [6.45, 7) is 0. The molecule has 3 aromatic rings. The first kappa shape index (κ1) is 11.2. The van der Waals surface area contributed by atoms with E-state index >= 15 is 0 Å². The summed E-state index contributed by atoms with van der Waals surface area (Å²) in [7, 11) is 0. The molecule has 0 amide bonds. The first-order valence-electron chi connectivity index (χ1n) is 5.56.